The summed E-state index contributed by atoms with van der Waals surface area (Å²) in [6.45, 7) is 0.439. The second-order valence-corrected chi connectivity index (χ2v) is 5.66. The third-order valence-electron chi connectivity index (χ3n) is 2.95. The van der Waals surface area contributed by atoms with Crippen molar-refractivity contribution in [2.75, 3.05) is 12.8 Å². The molecule has 1 aromatic carbocycles. The number of rotatable bonds is 4. The Hall–Kier alpha value is -1.78. The fraction of sp³-hybridized carbons (Fsp3) is 0.200. The number of pyridine rings is 1. The van der Waals surface area contributed by atoms with Crippen molar-refractivity contribution in [3.8, 4) is 0 Å². The lowest BCUT2D eigenvalue weighted by Gasteiger charge is -2.17. The number of nitrogens with two attached hydrogens (primary N) is 1. The van der Waals surface area contributed by atoms with Crippen LogP contribution in [-0.2, 0) is 17.8 Å². The van der Waals surface area contributed by atoms with E-state index in [1.54, 1.807) is 48.5 Å². The second kappa shape index (κ2) is 6.78. The van der Waals surface area contributed by atoms with E-state index in [0.717, 1.165) is 5.56 Å². The van der Waals surface area contributed by atoms with Crippen molar-refractivity contribution in [1.29, 1.82) is 0 Å². The third kappa shape index (κ3) is 4.62. The first-order valence-electron chi connectivity index (χ1n) is 6.33. The van der Waals surface area contributed by atoms with Gasteiger partial charge in [0.25, 0.3) is 0 Å². The Labute approximate surface area is 133 Å². The number of amides is 1. The molecule has 0 saturated heterocycles. The number of hydrogen-bond donors (Lipinski definition) is 1. The monoisotopic (exact) mass is 323 g/mol. The lowest BCUT2D eigenvalue weighted by molar-refractivity contribution is -0.129. The van der Waals surface area contributed by atoms with E-state index in [2.05, 4.69) is 4.98 Å². The topological polar surface area (TPSA) is 59.2 Å². The summed E-state index contributed by atoms with van der Waals surface area (Å²) in [5.41, 5.74) is 7.71. The molecule has 1 aromatic heterocycles. The molecule has 2 N–H and O–H groups in total. The van der Waals surface area contributed by atoms with Gasteiger partial charge in [-0.25, -0.2) is 0 Å². The number of aromatic nitrogens is 1. The van der Waals surface area contributed by atoms with Gasteiger partial charge in [0.2, 0.25) is 5.91 Å². The number of nitrogens with zero attached hydrogens (tertiary/aromatic N) is 2. The van der Waals surface area contributed by atoms with Crippen LogP contribution in [-0.4, -0.2) is 22.8 Å². The van der Waals surface area contributed by atoms with E-state index in [4.69, 9.17) is 28.9 Å². The molecule has 0 saturated carbocycles. The van der Waals surface area contributed by atoms with Gasteiger partial charge in [-0.1, -0.05) is 23.2 Å². The highest BCUT2D eigenvalue weighted by atomic mass is 35.5. The summed E-state index contributed by atoms with van der Waals surface area (Å²) in [4.78, 5) is 17.9. The van der Waals surface area contributed by atoms with Crippen molar-refractivity contribution in [3.63, 3.8) is 0 Å². The average molecular weight is 324 g/mol. The van der Waals surface area contributed by atoms with Crippen molar-refractivity contribution >= 4 is 34.8 Å². The first kappa shape index (κ1) is 15.6. The molecule has 0 fully saturated rings. The Morgan fingerprint density at radius 2 is 1.90 bits per heavy atom. The highest BCUT2D eigenvalue weighted by molar-refractivity contribution is 6.34. The smallest absolute Gasteiger partial charge is 0.228 e. The van der Waals surface area contributed by atoms with Crippen molar-refractivity contribution in [1.82, 2.24) is 9.88 Å². The van der Waals surface area contributed by atoms with E-state index in [1.807, 2.05) is 0 Å². The van der Waals surface area contributed by atoms with E-state index in [9.17, 15) is 4.79 Å². The molecule has 21 heavy (non-hydrogen) atoms. The van der Waals surface area contributed by atoms with Crippen molar-refractivity contribution < 1.29 is 4.79 Å². The average Bonchev–Trinajstić information content (AvgIpc) is 2.40. The standard InChI is InChI=1S/C15H15Cl2N3O/c1-20(9-10-4-11(16)6-12(17)5-10)15(21)7-14-3-2-13(18)8-19-14/h2-6,8H,7,9,18H2,1H3. The number of anilines is 1. The number of hydrogen-bond acceptors (Lipinski definition) is 3. The van der Waals surface area contributed by atoms with Crippen LogP contribution in [0.1, 0.15) is 11.3 Å². The van der Waals surface area contributed by atoms with Crippen LogP contribution in [0.3, 0.4) is 0 Å². The summed E-state index contributed by atoms with van der Waals surface area (Å²) >= 11 is 11.9. The summed E-state index contributed by atoms with van der Waals surface area (Å²) in [6, 6.07) is 8.72. The number of nitrogen functional groups attached to an aromatic ring is 1. The summed E-state index contributed by atoms with van der Waals surface area (Å²) in [5.74, 6) is -0.0385. The van der Waals surface area contributed by atoms with E-state index in [0.29, 0.717) is 28.0 Å². The van der Waals surface area contributed by atoms with Crippen LogP contribution in [0.2, 0.25) is 10.0 Å². The molecule has 2 aromatic rings. The molecular formula is C15H15Cl2N3O. The Kier molecular flexibility index (Phi) is 5.04. The van der Waals surface area contributed by atoms with Crippen LogP contribution in [0.25, 0.3) is 0 Å². The normalized spacial score (nSPS) is 10.4. The van der Waals surface area contributed by atoms with Gasteiger partial charge in [0.05, 0.1) is 18.3 Å². The van der Waals surface area contributed by atoms with Gasteiger partial charge in [0.15, 0.2) is 0 Å². The Morgan fingerprint density at radius 1 is 1.24 bits per heavy atom. The Balaban J connectivity index is 2.00. The predicted octanol–water partition coefficient (Wildman–Crippen LogP) is 3.17. The largest absolute Gasteiger partial charge is 0.397 e. The van der Waals surface area contributed by atoms with E-state index in [-0.39, 0.29) is 12.3 Å². The third-order valence-corrected chi connectivity index (χ3v) is 3.38. The summed E-state index contributed by atoms with van der Waals surface area (Å²) in [6.07, 6.45) is 1.77. The molecule has 2 rings (SSSR count). The molecule has 1 heterocycles. The fourth-order valence-corrected chi connectivity index (χ4v) is 2.47. The van der Waals surface area contributed by atoms with E-state index >= 15 is 0 Å². The van der Waals surface area contributed by atoms with Gasteiger partial charge in [-0.15, -0.1) is 0 Å². The van der Waals surface area contributed by atoms with Crippen LogP contribution >= 0.6 is 23.2 Å². The van der Waals surface area contributed by atoms with Crippen molar-refractivity contribution in [2.24, 2.45) is 0 Å². The number of carbonyl (C=O) groups is 1. The van der Waals surface area contributed by atoms with Crippen LogP contribution in [0.4, 0.5) is 5.69 Å². The molecule has 0 radical (unpaired) electrons. The fourth-order valence-electron chi connectivity index (χ4n) is 1.89. The van der Waals surface area contributed by atoms with Crippen LogP contribution in [0.5, 0.6) is 0 Å². The zero-order valence-electron chi connectivity index (χ0n) is 11.5. The quantitative estimate of drug-likeness (QED) is 0.940. The highest BCUT2D eigenvalue weighted by Gasteiger charge is 2.11. The summed E-state index contributed by atoms with van der Waals surface area (Å²) in [5, 5.41) is 1.11. The zero-order valence-corrected chi connectivity index (χ0v) is 13.0. The van der Waals surface area contributed by atoms with Crippen molar-refractivity contribution in [2.45, 2.75) is 13.0 Å². The second-order valence-electron chi connectivity index (χ2n) is 4.79. The zero-order chi connectivity index (χ0) is 15.4. The maximum Gasteiger partial charge on any atom is 0.228 e. The first-order chi connectivity index (χ1) is 9.94. The minimum atomic E-state index is -0.0385. The molecule has 0 spiro atoms. The molecule has 0 atom stereocenters. The lowest BCUT2D eigenvalue weighted by Crippen LogP contribution is -2.28. The van der Waals surface area contributed by atoms with Gasteiger partial charge in [-0.2, -0.15) is 0 Å². The van der Waals surface area contributed by atoms with E-state index < -0.39 is 0 Å². The summed E-state index contributed by atoms with van der Waals surface area (Å²) in [7, 11) is 1.73. The summed E-state index contributed by atoms with van der Waals surface area (Å²) < 4.78 is 0. The molecule has 110 valence electrons. The molecular weight excluding hydrogens is 309 g/mol. The highest BCUT2D eigenvalue weighted by Crippen LogP contribution is 2.20. The Morgan fingerprint density at radius 3 is 2.48 bits per heavy atom. The minimum Gasteiger partial charge on any atom is -0.397 e. The molecule has 1 amide bonds. The molecule has 0 bridgehead atoms. The van der Waals surface area contributed by atoms with Gasteiger partial charge < -0.3 is 10.6 Å². The van der Waals surface area contributed by atoms with Gasteiger partial charge in [-0.05, 0) is 35.9 Å². The van der Waals surface area contributed by atoms with Gasteiger partial charge in [0, 0.05) is 29.3 Å². The minimum absolute atomic E-state index is 0.0385. The lowest BCUT2D eigenvalue weighted by atomic mass is 10.2. The van der Waals surface area contributed by atoms with Gasteiger partial charge in [-0.3, -0.25) is 9.78 Å². The molecule has 4 nitrogen and oxygen atoms in total. The molecule has 6 heteroatoms. The Bertz CT molecular complexity index is 624. The van der Waals surface area contributed by atoms with Crippen molar-refractivity contribution in [3.05, 3.63) is 57.8 Å². The van der Waals surface area contributed by atoms with Crippen LogP contribution in [0.15, 0.2) is 36.5 Å². The predicted molar refractivity (Wildman–Crippen MR) is 85.3 cm³/mol. The maximum atomic E-state index is 12.2. The number of carbonyl (C=O) groups excluding carboxylic acids is 1. The maximum absolute atomic E-state index is 12.2. The van der Waals surface area contributed by atoms with Gasteiger partial charge in [0.1, 0.15) is 0 Å². The number of likely N-dealkylation sites (N-methyl/N-ethyl adjacent to an activating group) is 1. The molecule has 0 aliphatic heterocycles. The first-order valence-corrected chi connectivity index (χ1v) is 7.09. The molecule has 0 aliphatic carbocycles. The molecule has 0 aliphatic rings. The van der Waals surface area contributed by atoms with Crippen LogP contribution < -0.4 is 5.73 Å². The number of halogens is 2. The molecule has 0 unspecified atom stereocenters. The van der Waals surface area contributed by atoms with Gasteiger partial charge >= 0.3 is 0 Å². The SMILES string of the molecule is CN(Cc1cc(Cl)cc(Cl)c1)C(=O)Cc1ccc(N)cn1. The van der Waals surface area contributed by atoms with Crippen LogP contribution in [0, 0.1) is 0 Å². The number of benzene rings is 1. The van der Waals surface area contributed by atoms with E-state index in [1.165, 1.54) is 0 Å².